The Balaban J connectivity index is 1.12. The molecule has 14 atom stereocenters. The maximum atomic E-state index is 23.5. The van der Waals surface area contributed by atoms with Gasteiger partial charge in [-0.2, -0.15) is 0 Å². The average molecular weight is 1140 g/mol. The molecule has 0 bridgehead atoms. The van der Waals surface area contributed by atoms with Crippen LogP contribution in [0.2, 0.25) is 0 Å². The quantitative estimate of drug-likeness (QED) is 0.132. The molecule has 1 fully saturated rings. The van der Waals surface area contributed by atoms with Crippen LogP contribution in [0.1, 0.15) is 280 Å². The number of halogens is 1. The van der Waals surface area contributed by atoms with Crippen LogP contribution >= 0.6 is 0 Å². The van der Waals surface area contributed by atoms with Crippen LogP contribution in [-0.2, 0) is 4.74 Å². The summed E-state index contributed by atoms with van der Waals surface area (Å²) in [6, 6.07) is 0. The number of hydrogen-bond donors (Lipinski definition) is 0. The lowest BCUT2D eigenvalue weighted by Crippen LogP contribution is -2.72. The first-order valence-corrected chi connectivity index (χ1v) is 36.4. The van der Waals surface area contributed by atoms with Crippen LogP contribution in [-0.4, -0.2) is 12.0 Å². The fourth-order valence-corrected chi connectivity index (χ4v) is 23.4. The van der Waals surface area contributed by atoms with Crippen LogP contribution in [0.15, 0.2) is 129 Å². The van der Waals surface area contributed by atoms with Gasteiger partial charge in [-0.05, 0) is 320 Å². The minimum Gasteiger partial charge on any atom is -0.341 e. The predicted octanol–water partition coefficient (Wildman–Crippen LogP) is 24.1. The van der Waals surface area contributed by atoms with Gasteiger partial charge in [-0.25, -0.2) is 4.39 Å². The zero-order chi connectivity index (χ0) is 58.3. The van der Waals surface area contributed by atoms with Crippen molar-refractivity contribution in [3.8, 4) is 0 Å². The number of rotatable bonds is 17. The minimum absolute atomic E-state index is 0.0467. The van der Waals surface area contributed by atoms with Gasteiger partial charge in [0, 0.05) is 33.5 Å². The van der Waals surface area contributed by atoms with E-state index in [0.717, 1.165) is 102 Å². The largest absolute Gasteiger partial charge is 0.341 e. The highest BCUT2D eigenvalue weighted by molar-refractivity contribution is 5.56. The van der Waals surface area contributed by atoms with Gasteiger partial charge in [-0.15, -0.1) is 0 Å². The van der Waals surface area contributed by atoms with Crippen molar-refractivity contribution < 1.29 is 9.13 Å². The monoisotopic (exact) mass is 1140 g/mol. The summed E-state index contributed by atoms with van der Waals surface area (Å²) < 4.78 is 32.3. The topological polar surface area (TPSA) is 9.23 Å². The van der Waals surface area contributed by atoms with Crippen molar-refractivity contribution in [1.82, 2.24) is 0 Å². The summed E-state index contributed by atoms with van der Waals surface area (Å²) in [4.78, 5) is 0. The van der Waals surface area contributed by atoms with Gasteiger partial charge < -0.3 is 4.74 Å². The summed E-state index contributed by atoms with van der Waals surface area (Å²) in [5.74, 6) is 2.79. The van der Waals surface area contributed by atoms with Crippen LogP contribution in [0.5, 0.6) is 0 Å². The highest BCUT2D eigenvalue weighted by Gasteiger charge is 2.77. The summed E-state index contributed by atoms with van der Waals surface area (Å²) >= 11 is 0. The fourth-order valence-electron chi connectivity index (χ4n) is 23.4. The van der Waals surface area contributed by atoms with E-state index in [4.69, 9.17) is 4.74 Å². The first kappa shape index (κ1) is 61.3. The molecule has 1 nitrogen and oxygen atoms in total. The van der Waals surface area contributed by atoms with Gasteiger partial charge in [0.1, 0.15) is 0 Å². The lowest BCUT2D eigenvalue weighted by molar-refractivity contribution is -0.352. The molecule has 0 aliphatic heterocycles. The number of hydrogen-bond acceptors (Lipinski definition) is 1. The standard InChI is InChI=1S/C82H118FO/c1-57-26-19-41-69(50-57)80(70-42-20-27-58(2)51-70,71-43-21-28-59(3)52-71)81(72-44-22-29-60(4)53-72,73-45-23-30-61(5)54-73)82(83,74-46-24-31-62(6)55-74)84-75-47-25-40-68(56-75)79(49-48-64-32-11-9-12-33-64)76(65-34-13-10-14-35-65)63(7)78(8,67-38-17-18-39-67)77(79)66-36-15-16-37-66/h9-11,13,15,36,38,50-55,64-66,68-75H,12,14,16-35,37,39-49,56H2,1-8H3. The van der Waals surface area contributed by atoms with Crippen molar-refractivity contribution in [2.24, 2.45) is 80.8 Å². The fraction of sp³-hybridized carbons (Fsp3) is 0.720. The molecule has 0 aromatic rings. The average Bonchev–Trinajstić information content (AvgIpc) is 0.801. The van der Waals surface area contributed by atoms with Crippen molar-refractivity contribution >= 4 is 0 Å². The predicted molar refractivity (Wildman–Crippen MR) is 355 cm³/mol. The summed E-state index contributed by atoms with van der Waals surface area (Å²) in [6.07, 6.45) is 75.3. The molecule has 0 amide bonds. The summed E-state index contributed by atoms with van der Waals surface area (Å²) in [6.45, 7) is 20.1. The lowest BCUT2D eigenvalue weighted by Gasteiger charge is -2.71. The van der Waals surface area contributed by atoms with Gasteiger partial charge in [0.15, 0.2) is 0 Å². The Hall–Kier alpha value is -2.97. The Labute approximate surface area is 514 Å². The molecule has 12 aliphatic rings. The molecule has 12 aliphatic carbocycles. The second-order valence-corrected chi connectivity index (χ2v) is 31.6. The van der Waals surface area contributed by atoms with E-state index in [1.165, 1.54) is 145 Å². The third kappa shape index (κ3) is 10.9. The SMILES string of the molecule is CC1=CC(C(F)(OC2CCCC(C3(CCC4CC=CCC4)[C](C4C=CCC4)C(C)(C4=CCCC4)C(C)=C3C3CC=CCC3)C2)C(C2C=C(C)CCC2)(C2C=C(C)CCC2)C(C2C=C(C)CCC2)(C2C=C(C)CCC2)C2C=C(C)CCC2)CCC1. The molecule has 84 heavy (non-hydrogen) atoms. The zero-order valence-electron chi connectivity index (χ0n) is 54.9. The Morgan fingerprint density at radius 3 is 1.50 bits per heavy atom. The third-order valence-corrected chi connectivity index (χ3v) is 26.6. The number of ether oxygens (including phenoxy) is 1. The van der Waals surface area contributed by atoms with E-state index in [2.05, 4.69) is 134 Å². The first-order valence-electron chi connectivity index (χ1n) is 36.4. The Kier molecular flexibility index (Phi) is 18.9. The van der Waals surface area contributed by atoms with E-state index in [-0.39, 0.29) is 52.4 Å². The van der Waals surface area contributed by atoms with E-state index in [1.807, 2.05) is 11.5 Å². The third-order valence-electron chi connectivity index (χ3n) is 26.6. The van der Waals surface area contributed by atoms with Crippen molar-refractivity contribution in [1.29, 1.82) is 0 Å². The summed E-state index contributed by atoms with van der Waals surface area (Å²) in [5, 5.41) is 0. The van der Waals surface area contributed by atoms with Crippen LogP contribution in [0.25, 0.3) is 0 Å². The smallest absolute Gasteiger partial charge is 0.223 e. The second kappa shape index (κ2) is 25.9. The van der Waals surface area contributed by atoms with Gasteiger partial charge in [-0.1, -0.05) is 142 Å². The molecule has 0 N–H and O–H groups in total. The summed E-state index contributed by atoms with van der Waals surface area (Å²) in [5.41, 5.74) is 13.1. The molecule has 12 rings (SSSR count). The van der Waals surface area contributed by atoms with Crippen LogP contribution in [0.4, 0.5) is 4.39 Å². The van der Waals surface area contributed by atoms with Crippen molar-refractivity contribution in [2.45, 2.75) is 292 Å². The Bertz CT molecular complexity index is 2610. The van der Waals surface area contributed by atoms with Crippen molar-refractivity contribution in [2.75, 3.05) is 0 Å². The van der Waals surface area contributed by atoms with Gasteiger partial charge in [-0.3, -0.25) is 0 Å². The molecule has 0 aromatic heterocycles. The van der Waals surface area contributed by atoms with Gasteiger partial charge in [0.2, 0.25) is 5.85 Å². The minimum atomic E-state index is -1.92. The highest BCUT2D eigenvalue weighted by Crippen LogP contribution is 2.78. The molecule has 1 radical (unpaired) electrons. The molecule has 2 heteroatoms. The van der Waals surface area contributed by atoms with Gasteiger partial charge in [0.25, 0.3) is 0 Å². The Morgan fingerprint density at radius 1 is 0.500 bits per heavy atom. The molecule has 14 unspecified atom stereocenters. The van der Waals surface area contributed by atoms with Crippen LogP contribution in [0.3, 0.4) is 0 Å². The Morgan fingerprint density at radius 2 is 1.01 bits per heavy atom. The maximum absolute atomic E-state index is 23.5. The van der Waals surface area contributed by atoms with Crippen molar-refractivity contribution in [3.05, 3.63) is 135 Å². The highest BCUT2D eigenvalue weighted by atomic mass is 19.2. The molecule has 0 saturated heterocycles. The van der Waals surface area contributed by atoms with Crippen LogP contribution in [0, 0.1) is 86.8 Å². The molecule has 0 heterocycles. The van der Waals surface area contributed by atoms with Gasteiger partial charge >= 0.3 is 0 Å². The molecule has 0 spiro atoms. The molecule has 459 valence electrons. The molecular formula is C82H118FO. The zero-order valence-corrected chi connectivity index (χ0v) is 54.9. The van der Waals surface area contributed by atoms with E-state index in [9.17, 15) is 0 Å². The van der Waals surface area contributed by atoms with Crippen molar-refractivity contribution in [3.63, 3.8) is 0 Å². The summed E-state index contributed by atoms with van der Waals surface area (Å²) in [7, 11) is 0. The molecular weight excluding hydrogens is 1020 g/mol. The van der Waals surface area contributed by atoms with E-state index in [0.29, 0.717) is 17.8 Å². The molecule has 1 saturated carbocycles. The lowest BCUT2D eigenvalue weighted by atomic mass is 9.34. The van der Waals surface area contributed by atoms with E-state index in [1.54, 1.807) is 27.9 Å². The van der Waals surface area contributed by atoms with E-state index < -0.39 is 16.7 Å². The maximum Gasteiger partial charge on any atom is 0.223 e. The normalized spacial score (nSPS) is 39.3. The van der Waals surface area contributed by atoms with Crippen LogP contribution < -0.4 is 0 Å². The first-order chi connectivity index (χ1) is 40.7. The number of allylic oxidation sites excluding steroid dienone is 21. The van der Waals surface area contributed by atoms with E-state index >= 15 is 4.39 Å². The molecule has 0 aromatic carbocycles. The number of alkyl halides is 1. The van der Waals surface area contributed by atoms with Gasteiger partial charge in [0.05, 0.1) is 6.10 Å². The second-order valence-electron chi connectivity index (χ2n) is 31.6.